The molecule has 0 aromatic heterocycles. The van der Waals surface area contributed by atoms with E-state index < -0.39 is 54.0 Å². The molecule has 7 N–H and O–H groups in total. The Balaban J connectivity index is 5.25. The molecule has 0 aliphatic carbocycles. The average Bonchev–Trinajstić information content (AvgIpc) is 2.65. The maximum atomic E-state index is 12.5. The van der Waals surface area contributed by atoms with Gasteiger partial charge in [-0.2, -0.15) is 12.6 Å². The minimum atomic E-state index is -1.41. The first-order chi connectivity index (χ1) is 13.4. The summed E-state index contributed by atoms with van der Waals surface area (Å²) in [5.74, 6) is -3.93. The average molecular weight is 435 g/mol. The third-order valence-electron chi connectivity index (χ3n) is 4.68. The van der Waals surface area contributed by atoms with Crippen molar-refractivity contribution in [3.05, 3.63) is 0 Å². The van der Waals surface area contributed by atoms with E-state index in [0.29, 0.717) is 6.42 Å². The second-order valence-electron chi connectivity index (χ2n) is 7.45. The van der Waals surface area contributed by atoms with Gasteiger partial charge in [-0.3, -0.25) is 14.4 Å². The topological polar surface area (TPSA) is 171 Å². The van der Waals surface area contributed by atoms with E-state index in [1.807, 2.05) is 0 Å². The Morgan fingerprint density at radius 2 is 1.45 bits per heavy atom. The Morgan fingerprint density at radius 1 is 0.931 bits per heavy atom. The number of nitrogens with one attached hydrogen (secondary N) is 3. The molecule has 0 saturated carbocycles. The zero-order valence-electron chi connectivity index (χ0n) is 17.5. The third kappa shape index (κ3) is 8.58. The highest BCUT2D eigenvalue weighted by Crippen LogP contribution is 2.09. The number of carbonyl (C=O) groups excluding carboxylic acids is 3. The van der Waals surface area contributed by atoms with Crippen molar-refractivity contribution in [2.24, 2.45) is 17.6 Å². The molecule has 0 aromatic carbocycles. The molecule has 0 heterocycles. The number of rotatable bonds is 12. The summed E-state index contributed by atoms with van der Waals surface area (Å²) in [5, 5.41) is 26.4. The molecule has 0 aromatic rings. The summed E-state index contributed by atoms with van der Waals surface area (Å²) in [7, 11) is 0. The normalized spacial score (nSPS) is 17.4. The number of nitrogens with two attached hydrogens (primary N) is 1. The van der Waals surface area contributed by atoms with E-state index in [4.69, 9.17) is 5.73 Å². The lowest BCUT2D eigenvalue weighted by Crippen LogP contribution is -2.61. The van der Waals surface area contributed by atoms with Gasteiger partial charge in [0.15, 0.2) is 0 Å². The van der Waals surface area contributed by atoms with Crippen LogP contribution in [0.2, 0.25) is 0 Å². The molecule has 0 rings (SSSR count). The summed E-state index contributed by atoms with van der Waals surface area (Å²) in [6.45, 7) is 8.24. The van der Waals surface area contributed by atoms with Gasteiger partial charge in [-0.15, -0.1) is 0 Å². The molecule has 0 radical (unpaired) electrons. The Bertz CT molecular complexity index is 587. The van der Waals surface area contributed by atoms with Crippen molar-refractivity contribution in [1.82, 2.24) is 16.0 Å². The van der Waals surface area contributed by atoms with Crippen LogP contribution in [0.15, 0.2) is 0 Å². The molecule has 0 spiro atoms. The standard InChI is InChI=1S/C18H34N4O6S/c1-6-9(4)13(18(27)28)21-17(26)14(10(5)23)22-15(24)11(7-29)20-16(25)12(19)8(2)3/h8-14,23,29H,6-7,19H2,1-5H3,(H,20,25)(H,21,26)(H,22,24)(H,27,28). The number of aliphatic hydroxyl groups excluding tert-OH is 1. The summed E-state index contributed by atoms with van der Waals surface area (Å²) in [4.78, 5) is 48.5. The van der Waals surface area contributed by atoms with E-state index in [0.717, 1.165) is 0 Å². The fourth-order valence-electron chi connectivity index (χ4n) is 2.35. The van der Waals surface area contributed by atoms with Crippen molar-refractivity contribution < 1.29 is 29.4 Å². The molecule has 29 heavy (non-hydrogen) atoms. The largest absolute Gasteiger partial charge is 0.480 e. The summed E-state index contributed by atoms with van der Waals surface area (Å²) in [6, 6.07) is -4.50. The number of aliphatic hydroxyl groups is 1. The molecule has 10 nitrogen and oxygen atoms in total. The van der Waals surface area contributed by atoms with Crippen molar-refractivity contribution in [2.45, 2.75) is 71.3 Å². The van der Waals surface area contributed by atoms with E-state index in [9.17, 15) is 29.4 Å². The van der Waals surface area contributed by atoms with Gasteiger partial charge in [0.2, 0.25) is 17.7 Å². The number of carboxylic acids is 1. The van der Waals surface area contributed by atoms with Gasteiger partial charge in [0.1, 0.15) is 18.1 Å². The lowest BCUT2D eigenvalue weighted by Gasteiger charge is -2.27. The summed E-state index contributed by atoms with van der Waals surface area (Å²) in [6.07, 6.45) is -0.799. The molecule has 0 saturated heterocycles. The summed E-state index contributed by atoms with van der Waals surface area (Å²) < 4.78 is 0. The van der Waals surface area contributed by atoms with E-state index in [1.54, 1.807) is 27.7 Å². The molecule has 0 bridgehead atoms. The quantitative estimate of drug-likeness (QED) is 0.190. The first-order valence-corrected chi connectivity index (χ1v) is 10.2. The van der Waals surface area contributed by atoms with E-state index in [1.165, 1.54) is 6.92 Å². The van der Waals surface area contributed by atoms with Crippen molar-refractivity contribution >= 4 is 36.3 Å². The molecule has 0 aliphatic rings. The van der Waals surface area contributed by atoms with Gasteiger partial charge in [0.25, 0.3) is 0 Å². The number of carboxylic acid groups (broad SMARTS) is 1. The van der Waals surface area contributed by atoms with Crippen molar-refractivity contribution in [3.63, 3.8) is 0 Å². The molecule has 11 heteroatoms. The van der Waals surface area contributed by atoms with Crippen LogP contribution >= 0.6 is 12.6 Å². The number of hydrogen-bond acceptors (Lipinski definition) is 7. The second kappa shape index (κ2) is 12.7. The highest BCUT2D eigenvalue weighted by Gasteiger charge is 2.33. The van der Waals surface area contributed by atoms with Crippen LogP contribution in [0.5, 0.6) is 0 Å². The van der Waals surface area contributed by atoms with Crippen molar-refractivity contribution in [1.29, 1.82) is 0 Å². The SMILES string of the molecule is CCC(C)C(NC(=O)C(NC(=O)C(CS)NC(=O)C(N)C(C)C)C(C)O)C(=O)O. The molecule has 6 unspecified atom stereocenters. The smallest absolute Gasteiger partial charge is 0.326 e. The zero-order valence-corrected chi connectivity index (χ0v) is 18.4. The predicted octanol–water partition coefficient (Wildman–Crippen LogP) is -1.13. The van der Waals surface area contributed by atoms with Crippen LogP contribution in [-0.4, -0.2) is 69.9 Å². The van der Waals surface area contributed by atoms with Gasteiger partial charge in [-0.1, -0.05) is 34.1 Å². The highest BCUT2D eigenvalue weighted by molar-refractivity contribution is 7.80. The predicted molar refractivity (Wildman–Crippen MR) is 111 cm³/mol. The van der Waals surface area contributed by atoms with Crippen LogP contribution in [-0.2, 0) is 19.2 Å². The zero-order chi connectivity index (χ0) is 22.9. The Hall–Kier alpha value is -1.85. The van der Waals surface area contributed by atoms with Crippen LogP contribution < -0.4 is 21.7 Å². The van der Waals surface area contributed by atoms with Gasteiger partial charge in [0, 0.05) is 5.75 Å². The first kappa shape index (κ1) is 27.1. The minimum Gasteiger partial charge on any atom is -0.480 e. The van der Waals surface area contributed by atoms with Crippen molar-refractivity contribution in [3.8, 4) is 0 Å². The Labute approximate surface area is 176 Å². The first-order valence-electron chi connectivity index (χ1n) is 9.55. The van der Waals surface area contributed by atoms with Crippen LogP contribution in [0.25, 0.3) is 0 Å². The molecular formula is C18H34N4O6S. The highest BCUT2D eigenvalue weighted by atomic mass is 32.1. The van der Waals surface area contributed by atoms with Gasteiger partial charge in [-0.05, 0) is 18.8 Å². The molecule has 6 atom stereocenters. The molecule has 0 fully saturated rings. The number of hydrogen-bond donors (Lipinski definition) is 7. The van der Waals surface area contributed by atoms with Crippen LogP contribution in [0.3, 0.4) is 0 Å². The van der Waals surface area contributed by atoms with Gasteiger partial charge in [-0.25, -0.2) is 4.79 Å². The fourth-order valence-corrected chi connectivity index (χ4v) is 2.61. The van der Waals surface area contributed by atoms with Gasteiger partial charge < -0.3 is 31.9 Å². The lowest BCUT2D eigenvalue weighted by atomic mass is 9.98. The maximum Gasteiger partial charge on any atom is 0.326 e. The van der Waals surface area contributed by atoms with Gasteiger partial charge >= 0.3 is 5.97 Å². The van der Waals surface area contributed by atoms with Crippen molar-refractivity contribution in [2.75, 3.05) is 5.75 Å². The monoisotopic (exact) mass is 434 g/mol. The summed E-state index contributed by atoms with van der Waals surface area (Å²) >= 11 is 4.04. The molecule has 0 aliphatic heterocycles. The molecule has 3 amide bonds. The van der Waals surface area contributed by atoms with Crippen LogP contribution in [0, 0.1) is 11.8 Å². The number of aliphatic carboxylic acids is 1. The van der Waals surface area contributed by atoms with E-state index in [-0.39, 0.29) is 17.6 Å². The maximum absolute atomic E-state index is 12.5. The lowest BCUT2D eigenvalue weighted by molar-refractivity contribution is -0.144. The third-order valence-corrected chi connectivity index (χ3v) is 5.04. The molecular weight excluding hydrogens is 400 g/mol. The number of carbonyl (C=O) groups is 4. The Kier molecular flexibility index (Phi) is 11.8. The van der Waals surface area contributed by atoms with Crippen LogP contribution in [0.1, 0.15) is 41.0 Å². The Morgan fingerprint density at radius 3 is 1.83 bits per heavy atom. The molecule has 168 valence electrons. The fraction of sp³-hybridized carbons (Fsp3) is 0.778. The van der Waals surface area contributed by atoms with Crippen LogP contribution in [0.4, 0.5) is 0 Å². The minimum absolute atomic E-state index is 0.0683. The number of thiol groups is 1. The van der Waals surface area contributed by atoms with E-state index in [2.05, 4.69) is 28.6 Å². The van der Waals surface area contributed by atoms with E-state index >= 15 is 0 Å². The summed E-state index contributed by atoms with van der Waals surface area (Å²) in [5.41, 5.74) is 5.76. The second-order valence-corrected chi connectivity index (χ2v) is 7.82. The van der Waals surface area contributed by atoms with Gasteiger partial charge in [0.05, 0.1) is 12.1 Å². The number of amides is 3.